The van der Waals surface area contributed by atoms with Gasteiger partial charge in [-0.3, -0.25) is 0 Å². The molecule has 1 amide bonds. The normalized spacial score (nSPS) is 24.1. The second-order valence-corrected chi connectivity index (χ2v) is 4.85. The van der Waals surface area contributed by atoms with E-state index in [1.54, 1.807) is 6.92 Å². The molecule has 6 nitrogen and oxygen atoms in total. The molecule has 7 heteroatoms. The van der Waals surface area contributed by atoms with E-state index in [0.29, 0.717) is 4.31 Å². The Morgan fingerprint density at radius 2 is 2.27 bits per heavy atom. The molecule has 88 valence electrons. The molecule has 1 atom stereocenters. The first-order valence-corrected chi connectivity index (χ1v) is 6.21. The van der Waals surface area contributed by atoms with E-state index in [1.165, 1.54) is 0 Å². The number of carbonyl (C=O) groups excluding carboxylic acids is 1. The van der Waals surface area contributed by atoms with Gasteiger partial charge in [-0.2, -0.15) is 12.7 Å². The maximum Gasteiger partial charge on any atom is 0.425 e. The Balaban J connectivity index is 2.53. The topological polar surface area (TPSA) is 72.9 Å². The van der Waals surface area contributed by atoms with Gasteiger partial charge in [0.1, 0.15) is 0 Å². The van der Waals surface area contributed by atoms with Crippen LogP contribution in [0.1, 0.15) is 26.7 Å². The van der Waals surface area contributed by atoms with Crippen molar-refractivity contribution in [3.8, 4) is 0 Å². The summed E-state index contributed by atoms with van der Waals surface area (Å²) in [5.41, 5.74) is 0. The minimum absolute atomic E-state index is 0.0211. The predicted octanol–water partition coefficient (Wildman–Crippen LogP) is 0.889. The lowest BCUT2D eigenvalue weighted by Gasteiger charge is -2.12. The highest BCUT2D eigenvalue weighted by molar-refractivity contribution is 7.85. The van der Waals surface area contributed by atoms with Crippen LogP contribution in [0.15, 0.2) is 0 Å². The van der Waals surface area contributed by atoms with E-state index in [4.69, 9.17) is 4.74 Å². The third-order valence-electron chi connectivity index (χ3n) is 1.91. The van der Waals surface area contributed by atoms with Crippen LogP contribution in [0.4, 0.5) is 4.79 Å². The highest BCUT2D eigenvalue weighted by atomic mass is 32.2. The van der Waals surface area contributed by atoms with E-state index in [2.05, 4.69) is 4.18 Å². The lowest BCUT2D eigenvalue weighted by Crippen LogP contribution is -2.33. The summed E-state index contributed by atoms with van der Waals surface area (Å²) in [7, 11) is -3.91. The van der Waals surface area contributed by atoms with Gasteiger partial charge in [0.2, 0.25) is 0 Å². The van der Waals surface area contributed by atoms with Gasteiger partial charge in [-0.1, -0.05) is 13.3 Å². The molecule has 1 rings (SSSR count). The van der Waals surface area contributed by atoms with Crippen molar-refractivity contribution < 1.29 is 22.1 Å². The minimum Gasteiger partial charge on any atom is -0.449 e. The van der Waals surface area contributed by atoms with Gasteiger partial charge in [0.25, 0.3) is 0 Å². The van der Waals surface area contributed by atoms with Crippen molar-refractivity contribution in [3.63, 3.8) is 0 Å². The third-order valence-corrected chi connectivity index (χ3v) is 3.32. The summed E-state index contributed by atoms with van der Waals surface area (Å²) in [6.07, 6.45) is 0.240. The number of carbonyl (C=O) groups is 1. The van der Waals surface area contributed by atoms with Crippen molar-refractivity contribution in [1.82, 2.24) is 4.31 Å². The number of nitrogens with zero attached hydrogens (tertiary/aromatic N) is 1. The van der Waals surface area contributed by atoms with Crippen LogP contribution in [0, 0.1) is 0 Å². The van der Waals surface area contributed by atoms with Crippen molar-refractivity contribution >= 4 is 16.4 Å². The molecule has 1 aliphatic rings. The fourth-order valence-corrected chi connectivity index (χ4v) is 2.36. The zero-order chi connectivity index (χ0) is 11.5. The molecule has 0 aliphatic carbocycles. The quantitative estimate of drug-likeness (QED) is 0.681. The largest absolute Gasteiger partial charge is 0.449 e. The maximum absolute atomic E-state index is 11.3. The molecule has 0 N–H and O–H groups in total. The number of ether oxygens (including phenoxy) is 1. The van der Waals surface area contributed by atoms with Crippen LogP contribution in [0.3, 0.4) is 0 Å². The summed E-state index contributed by atoms with van der Waals surface area (Å²) in [4.78, 5) is 11.3. The fourth-order valence-electron chi connectivity index (χ4n) is 1.16. The second-order valence-electron chi connectivity index (χ2n) is 3.36. The lowest BCUT2D eigenvalue weighted by atomic mass is 10.4. The Bertz CT molecular complexity index is 326. The summed E-state index contributed by atoms with van der Waals surface area (Å²) in [6.45, 7) is 3.78. The zero-order valence-corrected chi connectivity index (χ0v) is 9.62. The molecule has 0 aromatic rings. The van der Waals surface area contributed by atoms with E-state index in [9.17, 15) is 13.2 Å². The highest BCUT2D eigenvalue weighted by Crippen LogP contribution is 2.18. The van der Waals surface area contributed by atoms with E-state index in [1.807, 2.05) is 6.92 Å². The number of hydrogen-bond donors (Lipinski definition) is 0. The second kappa shape index (κ2) is 4.80. The van der Waals surface area contributed by atoms with Crippen molar-refractivity contribution in [2.24, 2.45) is 0 Å². The Hall–Kier alpha value is -0.820. The van der Waals surface area contributed by atoms with Crippen LogP contribution in [0.25, 0.3) is 0 Å². The van der Waals surface area contributed by atoms with E-state index >= 15 is 0 Å². The third kappa shape index (κ3) is 3.07. The summed E-state index contributed by atoms with van der Waals surface area (Å²) < 4.78 is 32.5. The Morgan fingerprint density at radius 1 is 1.60 bits per heavy atom. The van der Waals surface area contributed by atoms with Gasteiger partial charge in [-0.15, -0.1) is 0 Å². The van der Waals surface area contributed by atoms with Crippen LogP contribution in [-0.2, 0) is 19.2 Å². The summed E-state index contributed by atoms with van der Waals surface area (Å²) >= 11 is 0. The molecule has 1 unspecified atom stereocenters. The van der Waals surface area contributed by atoms with Gasteiger partial charge < -0.3 is 4.74 Å². The van der Waals surface area contributed by atoms with E-state index in [0.717, 1.165) is 12.8 Å². The van der Waals surface area contributed by atoms with Crippen LogP contribution in [0.5, 0.6) is 0 Å². The van der Waals surface area contributed by atoms with Gasteiger partial charge in [0, 0.05) is 0 Å². The first kappa shape index (κ1) is 12.3. The van der Waals surface area contributed by atoms with Crippen LogP contribution >= 0.6 is 0 Å². The van der Waals surface area contributed by atoms with Gasteiger partial charge in [0.05, 0.1) is 19.3 Å². The first-order valence-electron chi connectivity index (χ1n) is 4.85. The average Bonchev–Trinajstić information content (AvgIpc) is 2.39. The summed E-state index contributed by atoms with van der Waals surface area (Å²) in [5.74, 6) is 0. The predicted molar refractivity (Wildman–Crippen MR) is 52.4 cm³/mol. The molecule has 0 saturated carbocycles. The molecule has 0 bridgehead atoms. The molecule has 0 aromatic heterocycles. The average molecular weight is 237 g/mol. The van der Waals surface area contributed by atoms with Crippen molar-refractivity contribution in [2.75, 3.05) is 13.2 Å². The lowest BCUT2D eigenvalue weighted by molar-refractivity contribution is 0.125. The Kier molecular flexibility index (Phi) is 3.92. The number of amides is 1. The van der Waals surface area contributed by atoms with Gasteiger partial charge in [-0.05, 0) is 13.3 Å². The molecule has 15 heavy (non-hydrogen) atoms. The summed E-state index contributed by atoms with van der Waals surface area (Å²) in [6, 6.07) is 0. The first-order chi connectivity index (χ1) is 6.97. The maximum atomic E-state index is 11.3. The van der Waals surface area contributed by atoms with Crippen molar-refractivity contribution in [3.05, 3.63) is 0 Å². The molecule has 1 saturated heterocycles. The monoisotopic (exact) mass is 237 g/mol. The van der Waals surface area contributed by atoms with Crippen LogP contribution in [0.2, 0.25) is 0 Å². The Morgan fingerprint density at radius 3 is 2.73 bits per heavy atom. The van der Waals surface area contributed by atoms with Gasteiger partial charge in [0.15, 0.2) is 0 Å². The smallest absolute Gasteiger partial charge is 0.425 e. The molecule has 0 aromatic carbocycles. The number of rotatable bonds is 3. The standard InChI is InChI=1S/C8H15NO5S/c1-3-4-5-13-8(10)9-6-7(2)14-15(9,11)12/h7H,3-6H2,1-2H3. The van der Waals surface area contributed by atoms with Crippen molar-refractivity contribution in [2.45, 2.75) is 32.8 Å². The highest BCUT2D eigenvalue weighted by Gasteiger charge is 2.39. The number of hydrogen-bond acceptors (Lipinski definition) is 5. The number of unbranched alkanes of at least 4 members (excludes halogenated alkanes) is 1. The SMILES string of the molecule is CCCCOC(=O)N1CC(C)OS1(=O)=O. The zero-order valence-electron chi connectivity index (χ0n) is 8.80. The summed E-state index contributed by atoms with van der Waals surface area (Å²) in [5, 5.41) is 0. The fraction of sp³-hybridized carbons (Fsp3) is 0.875. The van der Waals surface area contributed by atoms with Gasteiger partial charge in [-0.25, -0.2) is 8.98 Å². The molecule has 0 radical (unpaired) electrons. The van der Waals surface area contributed by atoms with Crippen LogP contribution in [-0.4, -0.2) is 38.1 Å². The molecule has 1 fully saturated rings. The van der Waals surface area contributed by atoms with E-state index < -0.39 is 22.5 Å². The van der Waals surface area contributed by atoms with Crippen LogP contribution < -0.4 is 0 Å². The molecule has 1 aliphatic heterocycles. The molecule has 1 heterocycles. The van der Waals surface area contributed by atoms with E-state index in [-0.39, 0.29) is 13.2 Å². The molecular formula is C8H15NO5S. The van der Waals surface area contributed by atoms with Gasteiger partial charge >= 0.3 is 16.4 Å². The minimum atomic E-state index is -3.91. The Labute approximate surface area is 89.4 Å². The molecule has 0 spiro atoms. The van der Waals surface area contributed by atoms with Crippen molar-refractivity contribution in [1.29, 1.82) is 0 Å². The molecular weight excluding hydrogens is 222 g/mol.